The van der Waals surface area contributed by atoms with Crippen LogP contribution in [-0.4, -0.2) is 33.2 Å². The second-order valence-corrected chi connectivity index (χ2v) is 5.78. The molecule has 2 aromatic heterocycles. The van der Waals surface area contributed by atoms with Crippen molar-refractivity contribution in [2.24, 2.45) is 5.41 Å². The van der Waals surface area contributed by atoms with Crippen LogP contribution in [0.15, 0.2) is 12.5 Å². The maximum Gasteiger partial charge on any atom is 0.226 e. The molecule has 0 spiro atoms. The average molecular weight is 282 g/mol. The van der Waals surface area contributed by atoms with Gasteiger partial charge in [0.05, 0.1) is 23.4 Å². The topological polar surface area (TPSA) is 67.9 Å². The highest BCUT2D eigenvalue weighted by Crippen LogP contribution is 2.27. The Morgan fingerprint density at radius 1 is 1.42 bits per heavy atom. The molecule has 0 radical (unpaired) electrons. The molecule has 19 heavy (non-hydrogen) atoms. The molecule has 5 nitrogen and oxygen atoms in total. The van der Waals surface area contributed by atoms with Gasteiger partial charge in [-0.25, -0.2) is 9.97 Å². The first-order valence-corrected chi connectivity index (χ1v) is 6.50. The minimum atomic E-state index is -0.177. The number of aromatic amines is 1. The van der Waals surface area contributed by atoms with Gasteiger partial charge in [0.15, 0.2) is 5.78 Å². The van der Waals surface area contributed by atoms with Crippen molar-refractivity contribution >= 4 is 28.4 Å². The molecular formula is C13H16ClN3O2. The van der Waals surface area contributed by atoms with E-state index in [-0.39, 0.29) is 17.1 Å². The van der Waals surface area contributed by atoms with Crippen molar-refractivity contribution in [1.82, 2.24) is 15.0 Å². The van der Waals surface area contributed by atoms with E-state index >= 15 is 0 Å². The summed E-state index contributed by atoms with van der Waals surface area (Å²) in [5.74, 6) is 0.151. The zero-order chi connectivity index (χ0) is 14.0. The van der Waals surface area contributed by atoms with Gasteiger partial charge < -0.3 is 9.72 Å². The predicted molar refractivity (Wildman–Crippen MR) is 73.9 cm³/mol. The Morgan fingerprint density at radius 2 is 2.16 bits per heavy atom. The zero-order valence-corrected chi connectivity index (χ0v) is 11.9. The van der Waals surface area contributed by atoms with Crippen LogP contribution >= 0.6 is 11.6 Å². The molecule has 0 bridgehead atoms. The first kappa shape index (κ1) is 13.8. The van der Waals surface area contributed by atoms with E-state index in [2.05, 4.69) is 35.7 Å². The Labute approximate surface area is 116 Å². The molecule has 0 aliphatic heterocycles. The summed E-state index contributed by atoms with van der Waals surface area (Å²) in [4.78, 5) is 22.9. The molecule has 2 rings (SSSR count). The van der Waals surface area contributed by atoms with Crippen LogP contribution in [-0.2, 0) is 0 Å². The van der Waals surface area contributed by atoms with Crippen LogP contribution in [0.5, 0.6) is 5.88 Å². The maximum atomic E-state index is 11.8. The van der Waals surface area contributed by atoms with Crippen LogP contribution < -0.4 is 4.74 Å². The third-order valence-corrected chi connectivity index (χ3v) is 2.74. The van der Waals surface area contributed by atoms with Gasteiger partial charge >= 0.3 is 0 Å². The standard InChI is InChI=1S/C13H16ClN3O2/c1-13(2,3)6-19-12-10-8(9(18)4-14)5-15-11(10)16-7-17-12/h5,7H,4,6H2,1-3H3,(H,15,16,17). The van der Waals surface area contributed by atoms with Crippen LogP contribution in [0.3, 0.4) is 0 Å². The lowest BCUT2D eigenvalue weighted by Crippen LogP contribution is -2.17. The molecule has 102 valence electrons. The van der Waals surface area contributed by atoms with Crippen LogP contribution in [0.1, 0.15) is 31.1 Å². The third-order valence-electron chi connectivity index (χ3n) is 2.50. The minimum Gasteiger partial charge on any atom is -0.477 e. The van der Waals surface area contributed by atoms with E-state index in [9.17, 15) is 4.79 Å². The van der Waals surface area contributed by atoms with Gasteiger partial charge in [0, 0.05) is 6.20 Å². The quantitative estimate of drug-likeness (QED) is 0.691. The summed E-state index contributed by atoms with van der Waals surface area (Å²) in [6.07, 6.45) is 3.00. The fourth-order valence-electron chi connectivity index (χ4n) is 1.62. The summed E-state index contributed by atoms with van der Waals surface area (Å²) in [5.41, 5.74) is 1.05. The number of Topliss-reactive ketones (excluding diaryl/α,β-unsaturated/α-hetero) is 1. The van der Waals surface area contributed by atoms with Gasteiger partial charge in [-0.1, -0.05) is 20.8 Å². The molecule has 0 unspecified atom stereocenters. The number of nitrogens with one attached hydrogen (secondary N) is 1. The molecule has 0 atom stereocenters. The van der Waals surface area contributed by atoms with E-state index in [1.807, 2.05) is 0 Å². The molecule has 0 fully saturated rings. The number of carbonyl (C=O) groups excluding carboxylic acids is 1. The van der Waals surface area contributed by atoms with E-state index in [0.717, 1.165) is 0 Å². The molecule has 0 amide bonds. The van der Waals surface area contributed by atoms with Crippen molar-refractivity contribution in [3.8, 4) is 5.88 Å². The molecule has 6 heteroatoms. The summed E-state index contributed by atoms with van der Waals surface area (Å²) in [7, 11) is 0. The number of fused-ring (bicyclic) bond motifs is 1. The van der Waals surface area contributed by atoms with Crippen molar-refractivity contribution in [3.63, 3.8) is 0 Å². The number of alkyl halides is 1. The Morgan fingerprint density at radius 3 is 2.79 bits per heavy atom. The zero-order valence-electron chi connectivity index (χ0n) is 11.2. The van der Waals surface area contributed by atoms with Gasteiger partial charge in [0.2, 0.25) is 5.88 Å². The number of halogens is 1. The van der Waals surface area contributed by atoms with Gasteiger partial charge in [-0.15, -0.1) is 11.6 Å². The Hall–Kier alpha value is -1.62. The van der Waals surface area contributed by atoms with E-state index in [0.29, 0.717) is 29.1 Å². The summed E-state index contributed by atoms with van der Waals surface area (Å²) >= 11 is 5.60. The fraction of sp³-hybridized carbons (Fsp3) is 0.462. The Kier molecular flexibility index (Phi) is 3.75. The summed E-state index contributed by atoms with van der Waals surface area (Å²) in [6, 6.07) is 0. The molecule has 0 aliphatic rings. The first-order valence-electron chi connectivity index (χ1n) is 5.96. The average Bonchev–Trinajstić information content (AvgIpc) is 2.78. The largest absolute Gasteiger partial charge is 0.477 e. The molecule has 2 aromatic rings. The highest BCUT2D eigenvalue weighted by atomic mass is 35.5. The van der Waals surface area contributed by atoms with Crippen molar-refractivity contribution in [2.45, 2.75) is 20.8 Å². The smallest absolute Gasteiger partial charge is 0.226 e. The Balaban J connectivity index is 2.43. The van der Waals surface area contributed by atoms with Crippen LogP contribution in [0.4, 0.5) is 0 Å². The summed E-state index contributed by atoms with van der Waals surface area (Å²) < 4.78 is 5.71. The van der Waals surface area contributed by atoms with Gasteiger partial charge in [0.1, 0.15) is 12.0 Å². The number of nitrogens with zero attached hydrogens (tertiary/aromatic N) is 2. The monoisotopic (exact) mass is 281 g/mol. The first-order chi connectivity index (χ1) is 8.92. The number of H-pyrrole nitrogens is 1. The number of ketones is 1. The van der Waals surface area contributed by atoms with E-state index < -0.39 is 0 Å². The number of carbonyl (C=O) groups is 1. The summed E-state index contributed by atoms with van der Waals surface area (Å²) in [5, 5.41) is 0.595. The van der Waals surface area contributed by atoms with Gasteiger partial charge in [-0.05, 0) is 5.41 Å². The Bertz CT molecular complexity index is 601. The van der Waals surface area contributed by atoms with Gasteiger partial charge in [-0.2, -0.15) is 0 Å². The van der Waals surface area contributed by atoms with Crippen LogP contribution in [0.25, 0.3) is 11.0 Å². The summed E-state index contributed by atoms with van der Waals surface area (Å²) in [6.45, 7) is 6.69. The predicted octanol–water partition coefficient (Wildman–Crippen LogP) is 2.80. The third kappa shape index (κ3) is 3.04. The normalized spacial score (nSPS) is 11.8. The van der Waals surface area contributed by atoms with E-state index in [1.54, 1.807) is 6.20 Å². The SMILES string of the molecule is CC(C)(C)COc1ncnc2[nH]cc(C(=O)CCl)c12. The van der Waals surface area contributed by atoms with Crippen molar-refractivity contribution in [1.29, 1.82) is 0 Å². The van der Waals surface area contributed by atoms with Crippen molar-refractivity contribution in [3.05, 3.63) is 18.1 Å². The molecule has 1 N–H and O–H groups in total. The second-order valence-electron chi connectivity index (χ2n) is 5.51. The number of hydrogen-bond acceptors (Lipinski definition) is 4. The number of aromatic nitrogens is 3. The highest BCUT2D eigenvalue weighted by Gasteiger charge is 2.19. The van der Waals surface area contributed by atoms with E-state index in [4.69, 9.17) is 16.3 Å². The van der Waals surface area contributed by atoms with E-state index in [1.165, 1.54) is 6.33 Å². The number of ether oxygens (including phenoxy) is 1. The maximum absolute atomic E-state index is 11.8. The fourth-order valence-corrected chi connectivity index (χ4v) is 1.76. The van der Waals surface area contributed by atoms with Crippen LogP contribution in [0, 0.1) is 5.41 Å². The number of rotatable bonds is 4. The van der Waals surface area contributed by atoms with Crippen LogP contribution in [0.2, 0.25) is 0 Å². The molecular weight excluding hydrogens is 266 g/mol. The molecule has 0 aliphatic carbocycles. The van der Waals surface area contributed by atoms with Gasteiger partial charge in [0.25, 0.3) is 0 Å². The lowest BCUT2D eigenvalue weighted by Gasteiger charge is -2.18. The minimum absolute atomic E-state index is 0.00420. The molecule has 0 saturated heterocycles. The lowest BCUT2D eigenvalue weighted by atomic mass is 9.99. The second kappa shape index (κ2) is 5.17. The van der Waals surface area contributed by atoms with Gasteiger partial charge in [-0.3, -0.25) is 4.79 Å². The highest BCUT2D eigenvalue weighted by molar-refractivity contribution is 6.32. The molecule has 0 aromatic carbocycles. The van der Waals surface area contributed by atoms with Crippen molar-refractivity contribution in [2.75, 3.05) is 12.5 Å². The molecule has 0 saturated carbocycles. The lowest BCUT2D eigenvalue weighted by molar-refractivity contribution is 0.102. The number of hydrogen-bond donors (Lipinski definition) is 1. The molecule has 2 heterocycles. The van der Waals surface area contributed by atoms with Crippen molar-refractivity contribution < 1.29 is 9.53 Å².